The molecule has 2 aromatic heterocycles. The predicted molar refractivity (Wildman–Crippen MR) is 81.8 cm³/mol. The van der Waals surface area contributed by atoms with Crippen molar-refractivity contribution in [2.24, 2.45) is 0 Å². The number of aliphatic hydroxyl groups excluding tert-OH is 1. The molecule has 0 aliphatic carbocycles. The van der Waals surface area contributed by atoms with Crippen LogP contribution in [0.25, 0.3) is 0 Å². The average Bonchev–Trinajstić information content (AvgIpc) is 3.10. The number of aliphatic hydroxyl groups is 1. The summed E-state index contributed by atoms with van der Waals surface area (Å²) >= 11 is 8.60. The second kappa shape index (κ2) is 7.75. The third-order valence-corrected chi connectivity index (χ3v) is 4.71. The molecule has 0 aliphatic heterocycles. The van der Waals surface area contributed by atoms with Crippen LogP contribution in [0, 0.1) is 0 Å². The van der Waals surface area contributed by atoms with E-state index >= 15 is 0 Å². The molecule has 1 unspecified atom stereocenters. The Bertz CT molecular complexity index is 542. The first kappa shape index (κ1) is 15.5. The molecule has 0 saturated heterocycles. The number of halogens is 1. The lowest BCUT2D eigenvalue weighted by atomic mass is 10.3. The highest BCUT2D eigenvalue weighted by atomic mass is 35.5. The molecule has 108 valence electrons. The topological polar surface area (TPSA) is 58.6 Å². The first-order valence-corrected chi connectivity index (χ1v) is 8.07. The molecular weight excluding hydrogens is 318 g/mol. The van der Waals surface area contributed by atoms with E-state index in [1.165, 1.54) is 11.3 Å². The van der Waals surface area contributed by atoms with Gasteiger partial charge in [0.25, 0.3) is 5.91 Å². The maximum absolute atomic E-state index is 11.9. The highest BCUT2D eigenvalue weighted by Gasteiger charge is 2.16. The van der Waals surface area contributed by atoms with Crippen molar-refractivity contribution in [2.75, 3.05) is 19.8 Å². The Kier molecular flexibility index (Phi) is 6.00. The Hall–Kier alpha value is -0.920. The van der Waals surface area contributed by atoms with Crippen molar-refractivity contribution in [1.82, 2.24) is 5.32 Å². The van der Waals surface area contributed by atoms with Gasteiger partial charge in [-0.2, -0.15) is 0 Å². The highest BCUT2D eigenvalue weighted by Crippen LogP contribution is 2.23. The summed E-state index contributed by atoms with van der Waals surface area (Å²) in [6.45, 7) is 0.550. The zero-order chi connectivity index (χ0) is 14.4. The lowest BCUT2D eigenvalue weighted by Gasteiger charge is -2.16. The van der Waals surface area contributed by atoms with E-state index in [-0.39, 0.29) is 25.2 Å². The molecule has 0 saturated carbocycles. The van der Waals surface area contributed by atoms with Crippen LogP contribution in [0.2, 0.25) is 4.34 Å². The van der Waals surface area contributed by atoms with Crippen molar-refractivity contribution in [3.05, 3.63) is 43.7 Å². The molecule has 1 atom stereocenters. The van der Waals surface area contributed by atoms with Gasteiger partial charge in [-0.25, -0.2) is 0 Å². The van der Waals surface area contributed by atoms with Gasteiger partial charge in [-0.05, 0) is 23.6 Å². The lowest BCUT2D eigenvalue weighted by Crippen LogP contribution is -2.29. The number of hydrogen-bond donors (Lipinski definition) is 2. The van der Waals surface area contributed by atoms with Crippen LogP contribution in [0.5, 0.6) is 0 Å². The van der Waals surface area contributed by atoms with Gasteiger partial charge in [-0.15, -0.1) is 22.7 Å². The zero-order valence-corrected chi connectivity index (χ0v) is 12.9. The minimum Gasteiger partial charge on any atom is -0.394 e. The smallest absolute Gasteiger partial charge is 0.261 e. The van der Waals surface area contributed by atoms with E-state index in [4.69, 9.17) is 21.4 Å². The summed E-state index contributed by atoms with van der Waals surface area (Å²) in [5.74, 6) is -0.170. The molecule has 20 heavy (non-hydrogen) atoms. The largest absolute Gasteiger partial charge is 0.394 e. The minimum atomic E-state index is -0.249. The SMILES string of the molecule is O=C(NCC(OCCO)c1cccs1)c1ccc(Cl)s1. The second-order valence-corrected chi connectivity index (χ2v) is 6.61. The fraction of sp³-hybridized carbons (Fsp3) is 0.308. The van der Waals surface area contributed by atoms with Crippen LogP contribution in [0.1, 0.15) is 20.7 Å². The summed E-state index contributed by atoms with van der Waals surface area (Å²) < 4.78 is 6.13. The summed E-state index contributed by atoms with van der Waals surface area (Å²) in [6.07, 6.45) is -0.249. The van der Waals surface area contributed by atoms with Gasteiger partial charge in [0.2, 0.25) is 0 Å². The summed E-state index contributed by atoms with van der Waals surface area (Å²) in [4.78, 5) is 13.5. The van der Waals surface area contributed by atoms with Crippen molar-refractivity contribution in [3.63, 3.8) is 0 Å². The van der Waals surface area contributed by atoms with Crippen LogP contribution in [-0.4, -0.2) is 30.8 Å². The number of nitrogens with one attached hydrogen (secondary N) is 1. The summed E-state index contributed by atoms with van der Waals surface area (Å²) in [5, 5.41) is 13.6. The molecule has 0 aliphatic rings. The Morgan fingerprint density at radius 3 is 2.90 bits per heavy atom. The van der Waals surface area contributed by atoms with E-state index in [1.54, 1.807) is 23.5 Å². The molecule has 4 nitrogen and oxygen atoms in total. The molecule has 2 N–H and O–H groups in total. The van der Waals surface area contributed by atoms with Gasteiger partial charge in [0.15, 0.2) is 0 Å². The van der Waals surface area contributed by atoms with Crippen molar-refractivity contribution in [3.8, 4) is 0 Å². The van der Waals surface area contributed by atoms with Crippen molar-refractivity contribution < 1.29 is 14.6 Å². The standard InChI is InChI=1S/C13H14ClNO3S2/c14-12-4-3-11(20-12)13(17)15-8-9(18-6-5-16)10-2-1-7-19-10/h1-4,7,9,16H,5-6,8H2,(H,15,17). The average molecular weight is 332 g/mol. The van der Waals surface area contributed by atoms with E-state index in [0.29, 0.717) is 15.8 Å². The predicted octanol–water partition coefficient (Wildman–Crippen LogP) is 2.94. The number of hydrogen-bond acceptors (Lipinski definition) is 5. The van der Waals surface area contributed by atoms with Crippen LogP contribution in [-0.2, 0) is 4.74 Å². The Labute approximate surface area is 130 Å². The number of rotatable bonds is 7. The van der Waals surface area contributed by atoms with Gasteiger partial charge in [0.05, 0.1) is 22.4 Å². The summed E-state index contributed by atoms with van der Waals surface area (Å²) in [7, 11) is 0. The molecule has 2 heterocycles. The van der Waals surface area contributed by atoms with Gasteiger partial charge in [0, 0.05) is 11.4 Å². The van der Waals surface area contributed by atoms with Gasteiger partial charge in [-0.1, -0.05) is 17.7 Å². The maximum atomic E-state index is 11.9. The first-order chi connectivity index (χ1) is 9.70. The monoisotopic (exact) mass is 331 g/mol. The van der Waals surface area contributed by atoms with Crippen LogP contribution in [0.3, 0.4) is 0 Å². The van der Waals surface area contributed by atoms with Crippen molar-refractivity contribution >= 4 is 40.2 Å². The summed E-state index contributed by atoms with van der Waals surface area (Å²) in [5.41, 5.74) is 0. The van der Waals surface area contributed by atoms with Gasteiger partial charge in [-0.3, -0.25) is 4.79 Å². The molecular formula is C13H14ClNO3S2. The number of carbonyl (C=O) groups excluding carboxylic acids is 1. The third kappa shape index (κ3) is 4.29. The molecule has 0 spiro atoms. The van der Waals surface area contributed by atoms with E-state index in [9.17, 15) is 4.79 Å². The van der Waals surface area contributed by atoms with Crippen LogP contribution < -0.4 is 5.32 Å². The zero-order valence-electron chi connectivity index (χ0n) is 10.5. The fourth-order valence-corrected chi connectivity index (χ4v) is 3.35. The van der Waals surface area contributed by atoms with Crippen LogP contribution in [0.15, 0.2) is 29.6 Å². The van der Waals surface area contributed by atoms with Gasteiger partial charge >= 0.3 is 0 Å². The number of ether oxygens (including phenoxy) is 1. The van der Waals surface area contributed by atoms with Gasteiger partial charge < -0.3 is 15.2 Å². The molecule has 7 heteroatoms. The van der Waals surface area contributed by atoms with Crippen molar-refractivity contribution in [1.29, 1.82) is 0 Å². The third-order valence-electron chi connectivity index (χ3n) is 2.52. The van der Waals surface area contributed by atoms with Gasteiger partial charge in [0.1, 0.15) is 6.10 Å². The maximum Gasteiger partial charge on any atom is 0.261 e. The molecule has 0 aromatic carbocycles. The Balaban J connectivity index is 1.93. The Morgan fingerprint density at radius 1 is 1.45 bits per heavy atom. The minimum absolute atomic E-state index is 0.0453. The van der Waals surface area contributed by atoms with Crippen LogP contribution >= 0.6 is 34.3 Å². The molecule has 1 amide bonds. The highest BCUT2D eigenvalue weighted by molar-refractivity contribution is 7.18. The normalized spacial score (nSPS) is 12.3. The molecule has 2 rings (SSSR count). The fourth-order valence-electron chi connectivity index (χ4n) is 1.62. The van der Waals surface area contributed by atoms with E-state index in [1.807, 2.05) is 17.5 Å². The van der Waals surface area contributed by atoms with Crippen molar-refractivity contribution in [2.45, 2.75) is 6.10 Å². The number of carbonyl (C=O) groups is 1. The first-order valence-electron chi connectivity index (χ1n) is 6.00. The van der Waals surface area contributed by atoms with E-state index < -0.39 is 0 Å². The number of thiophene rings is 2. The number of amides is 1. The molecule has 2 aromatic rings. The summed E-state index contributed by atoms with van der Waals surface area (Å²) in [6, 6.07) is 7.26. The van der Waals surface area contributed by atoms with E-state index in [2.05, 4.69) is 5.32 Å². The Morgan fingerprint density at radius 2 is 2.30 bits per heavy atom. The quantitative estimate of drug-likeness (QED) is 0.820. The lowest BCUT2D eigenvalue weighted by molar-refractivity contribution is 0.0296. The van der Waals surface area contributed by atoms with E-state index in [0.717, 1.165) is 4.88 Å². The van der Waals surface area contributed by atoms with Crippen LogP contribution in [0.4, 0.5) is 0 Å². The molecule has 0 fully saturated rings. The molecule has 0 radical (unpaired) electrons. The second-order valence-electron chi connectivity index (χ2n) is 3.91. The molecule has 0 bridgehead atoms.